The van der Waals surface area contributed by atoms with Gasteiger partial charge >= 0.3 is 0 Å². The summed E-state index contributed by atoms with van der Waals surface area (Å²) in [5, 5.41) is 4.82. The van der Waals surface area contributed by atoms with Crippen LogP contribution in [-0.4, -0.2) is 48.1 Å². The highest BCUT2D eigenvalue weighted by molar-refractivity contribution is 5.84. The number of hydrogen-bond acceptors (Lipinski definition) is 4. The van der Waals surface area contributed by atoms with Gasteiger partial charge in [0.15, 0.2) is 0 Å². The minimum atomic E-state index is 0.880. The molecular formula is C15H20N4. The average molecular weight is 256 g/mol. The van der Waals surface area contributed by atoms with E-state index in [0.29, 0.717) is 0 Å². The van der Waals surface area contributed by atoms with Gasteiger partial charge < -0.3 is 4.90 Å². The van der Waals surface area contributed by atoms with Gasteiger partial charge in [-0.1, -0.05) is 18.2 Å². The number of rotatable bonds is 3. The van der Waals surface area contributed by atoms with E-state index in [1.807, 2.05) is 12.4 Å². The second-order valence-corrected chi connectivity index (χ2v) is 5.14. The Morgan fingerprint density at radius 2 is 2.00 bits per heavy atom. The monoisotopic (exact) mass is 256 g/mol. The highest BCUT2D eigenvalue weighted by Crippen LogP contribution is 2.17. The van der Waals surface area contributed by atoms with Crippen LogP contribution in [0.25, 0.3) is 10.8 Å². The maximum Gasteiger partial charge on any atom is 0.0359 e. The van der Waals surface area contributed by atoms with Gasteiger partial charge in [0.05, 0.1) is 0 Å². The molecule has 4 nitrogen and oxygen atoms in total. The normalized spacial score (nSPS) is 17.9. The topological polar surface area (TPSA) is 31.4 Å². The number of benzene rings is 1. The fourth-order valence-electron chi connectivity index (χ4n) is 2.51. The van der Waals surface area contributed by atoms with Gasteiger partial charge in [-0.25, -0.2) is 5.01 Å². The van der Waals surface area contributed by atoms with Gasteiger partial charge in [0.1, 0.15) is 0 Å². The van der Waals surface area contributed by atoms with E-state index in [-0.39, 0.29) is 0 Å². The Morgan fingerprint density at radius 3 is 2.84 bits per heavy atom. The number of likely N-dealkylation sites (N-methyl/N-ethyl adjacent to an activating group) is 1. The lowest BCUT2D eigenvalue weighted by Gasteiger charge is -2.32. The van der Waals surface area contributed by atoms with Crippen LogP contribution >= 0.6 is 0 Å². The molecule has 1 fully saturated rings. The van der Waals surface area contributed by atoms with Crippen molar-refractivity contribution in [3.8, 4) is 0 Å². The summed E-state index contributed by atoms with van der Waals surface area (Å²) in [6, 6.07) is 8.49. The Hall–Kier alpha value is -1.49. The Morgan fingerprint density at radius 1 is 1.16 bits per heavy atom. The molecule has 0 bridgehead atoms. The van der Waals surface area contributed by atoms with Crippen molar-refractivity contribution in [1.29, 1.82) is 0 Å². The molecule has 1 aromatic carbocycles. The van der Waals surface area contributed by atoms with Crippen LogP contribution in [-0.2, 0) is 6.54 Å². The van der Waals surface area contributed by atoms with Gasteiger partial charge in [-0.2, -0.15) is 0 Å². The predicted molar refractivity (Wildman–Crippen MR) is 77.7 cm³/mol. The lowest BCUT2D eigenvalue weighted by Crippen LogP contribution is -2.50. The molecule has 1 N–H and O–H groups in total. The molecule has 4 heteroatoms. The van der Waals surface area contributed by atoms with E-state index in [9.17, 15) is 0 Å². The molecule has 1 saturated heterocycles. The summed E-state index contributed by atoms with van der Waals surface area (Å²) < 4.78 is 0. The summed E-state index contributed by atoms with van der Waals surface area (Å²) >= 11 is 0. The number of pyridine rings is 1. The Bertz CT molecular complexity index is 541. The van der Waals surface area contributed by atoms with Crippen LogP contribution in [0.3, 0.4) is 0 Å². The summed E-state index contributed by atoms with van der Waals surface area (Å²) in [5.41, 5.74) is 4.87. The first kappa shape index (κ1) is 12.5. The van der Waals surface area contributed by atoms with Crippen LogP contribution in [0.5, 0.6) is 0 Å². The van der Waals surface area contributed by atoms with E-state index in [0.717, 1.165) is 32.7 Å². The standard InChI is InChI=1S/C15H20N4/c1-18-7-9-19(10-8-18)17-12-14-4-2-3-13-11-16-6-5-15(13)14/h2-6,11,17H,7-10,12H2,1H3. The fourth-order valence-corrected chi connectivity index (χ4v) is 2.51. The van der Waals surface area contributed by atoms with Crippen molar-refractivity contribution >= 4 is 10.8 Å². The lowest BCUT2D eigenvalue weighted by molar-refractivity contribution is 0.102. The van der Waals surface area contributed by atoms with Crippen molar-refractivity contribution in [2.24, 2.45) is 0 Å². The van der Waals surface area contributed by atoms with E-state index in [2.05, 4.69) is 51.6 Å². The highest BCUT2D eigenvalue weighted by atomic mass is 15.5. The summed E-state index contributed by atoms with van der Waals surface area (Å²) in [5.74, 6) is 0. The minimum absolute atomic E-state index is 0.880. The third kappa shape index (κ3) is 2.92. The summed E-state index contributed by atoms with van der Waals surface area (Å²) in [6.07, 6.45) is 3.79. The molecule has 0 unspecified atom stereocenters. The van der Waals surface area contributed by atoms with Crippen molar-refractivity contribution in [2.75, 3.05) is 33.2 Å². The molecule has 0 saturated carbocycles. The Balaban J connectivity index is 1.68. The van der Waals surface area contributed by atoms with Crippen molar-refractivity contribution in [2.45, 2.75) is 6.54 Å². The number of aromatic nitrogens is 1. The molecule has 0 atom stereocenters. The molecule has 100 valence electrons. The zero-order chi connectivity index (χ0) is 13.1. The Labute approximate surface area is 114 Å². The van der Waals surface area contributed by atoms with Gasteiger partial charge in [0, 0.05) is 50.5 Å². The maximum absolute atomic E-state index is 4.18. The van der Waals surface area contributed by atoms with Gasteiger partial charge in [0.25, 0.3) is 0 Å². The molecule has 19 heavy (non-hydrogen) atoms. The molecule has 2 heterocycles. The lowest BCUT2D eigenvalue weighted by atomic mass is 10.1. The van der Waals surface area contributed by atoms with Crippen molar-refractivity contribution in [3.63, 3.8) is 0 Å². The summed E-state index contributed by atoms with van der Waals surface area (Å²) in [7, 11) is 2.18. The van der Waals surface area contributed by atoms with Crippen LogP contribution in [0, 0.1) is 0 Å². The van der Waals surface area contributed by atoms with E-state index < -0.39 is 0 Å². The van der Waals surface area contributed by atoms with Crippen molar-refractivity contribution in [1.82, 2.24) is 20.3 Å². The van der Waals surface area contributed by atoms with Crippen LogP contribution in [0.4, 0.5) is 0 Å². The van der Waals surface area contributed by atoms with Crippen LogP contribution in [0.2, 0.25) is 0 Å². The van der Waals surface area contributed by atoms with Crippen LogP contribution < -0.4 is 5.43 Å². The molecule has 1 aliphatic rings. The largest absolute Gasteiger partial charge is 0.304 e. The third-order valence-corrected chi connectivity index (χ3v) is 3.77. The SMILES string of the molecule is CN1CCN(NCc2cccc3cnccc23)CC1. The second kappa shape index (κ2) is 5.65. The number of hydrogen-bond donors (Lipinski definition) is 1. The van der Waals surface area contributed by atoms with E-state index in [1.54, 1.807) is 0 Å². The van der Waals surface area contributed by atoms with Crippen molar-refractivity contribution in [3.05, 3.63) is 42.2 Å². The molecular weight excluding hydrogens is 236 g/mol. The zero-order valence-corrected chi connectivity index (χ0v) is 11.3. The van der Waals surface area contributed by atoms with Crippen molar-refractivity contribution < 1.29 is 0 Å². The van der Waals surface area contributed by atoms with E-state index in [1.165, 1.54) is 16.3 Å². The number of fused-ring (bicyclic) bond motifs is 1. The van der Waals surface area contributed by atoms with Gasteiger partial charge in [-0.05, 0) is 24.1 Å². The number of nitrogens with zero attached hydrogens (tertiary/aromatic N) is 3. The van der Waals surface area contributed by atoms with Gasteiger partial charge in [0.2, 0.25) is 0 Å². The first-order valence-corrected chi connectivity index (χ1v) is 6.81. The molecule has 3 rings (SSSR count). The van der Waals surface area contributed by atoms with Gasteiger partial charge in [-0.3, -0.25) is 10.4 Å². The number of nitrogens with one attached hydrogen (secondary N) is 1. The molecule has 0 aliphatic carbocycles. The quantitative estimate of drug-likeness (QED) is 0.901. The predicted octanol–water partition coefficient (Wildman–Crippen LogP) is 1.49. The maximum atomic E-state index is 4.18. The molecule has 1 aliphatic heterocycles. The third-order valence-electron chi connectivity index (χ3n) is 3.77. The van der Waals surface area contributed by atoms with Gasteiger partial charge in [-0.15, -0.1) is 0 Å². The molecule has 0 amide bonds. The first-order valence-electron chi connectivity index (χ1n) is 6.81. The summed E-state index contributed by atoms with van der Waals surface area (Å²) in [4.78, 5) is 6.54. The molecule has 0 spiro atoms. The van der Waals surface area contributed by atoms with E-state index >= 15 is 0 Å². The van der Waals surface area contributed by atoms with Crippen LogP contribution in [0.15, 0.2) is 36.7 Å². The minimum Gasteiger partial charge on any atom is -0.304 e. The van der Waals surface area contributed by atoms with E-state index in [4.69, 9.17) is 0 Å². The molecule has 0 radical (unpaired) electrons. The Kier molecular flexibility index (Phi) is 3.73. The number of piperazine rings is 1. The smallest absolute Gasteiger partial charge is 0.0359 e. The second-order valence-electron chi connectivity index (χ2n) is 5.14. The zero-order valence-electron chi connectivity index (χ0n) is 11.3. The summed E-state index contributed by atoms with van der Waals surface area (Å²) in [6.45, 7) is 5.32. The highest BCUT2D eigenvalue weighted by Gasteiger charge is 2.13. The van der Waals surface area contributed by atoms with Crippen LogP contribution in [0.1, 0.15) is 5.56 Å². The molecule has 1 aromatic heterocycles. The average Bonchev–Trinajstić information content (AvgIpc) is 2.47. The number of hydrazine groups is 1. The molecule has 2 aromatic rings. The first-order chi connectivity index (χ1) is 9.33. The fraction of sp³-hybridized carbons (Fsp3) is 0.400.